The number of hydrogen-bond acceptors (Lipinski definition) is 0. The van der Waals surface area contributed by atoms with Crippen LogP contribution in [-0.4, -0.2) is 0 Å². The molecule has 0 unspecified atom stereocenters. The molecule has 0 atom stereocenters. The predicted molar refractivity (Wildman–Crippen MR) is 69.0 cm³/mol. The summed E-state index contributed by atoms with van der Waals surface area (Å²) in [7, 11) is 0. The molecule has 0 aliphatic heterocycles. The van der Waals surface area contributed by atoms with Crippen molar-refractivity contribution in [1.82, 2.24) is 0 Å². The molecule has 0 saturated carbocycles. The van der Waals surface area contributed by atoms with Crippen molar-refractivity contribution in [3.8, 4) is 5.75 Å². The third-order valence-corrected chi connectivity index (χ3v) is 2.89. The molecule has 0 aromatic heterocycles. The van der Waals surface area contributed by atoms with Crippen LogP contribution in [0.15, 0.2) is 12.1 Å². The minimum Gasteiger partial charge on any atom is -0.289 e. The van der Waals surface area contributed by atoms with Gasteiger partial charge in [-0.1, -0.05) is 53.1 Å². The van der Waals surface area contributed by atoms with Crippen LogP contribution in [-0.2, 0) is 15.9 Å². The van der Waals surface area contributed by atoms with E-state index in [1.165, 1.54) is 0 Å². The molecule has 1 rings (SSSR count). The van der Waals surface area contributed by atoms with Gasteiger partial charge in [-0.15, -0.1) is 0 Å². The van der Waals surface area contributed by atoms with Gasteiger partial charge in [0.05, 0.1) is 0 Å². The Kier molecular flexibility index (Phi) is 3.31. The van der Waals surface area contributed by atoms with Crippen LogP contribution in [0.2, 0.25) is 5.02 Å². The summed E-state index contributed by atoms with van der Waals surface area (Å²) in [6.07, 6.45) is 0. The molecule has 2 heteroatoms. The fourth-order valence-electron chi connectivity index (χ4n) is 1.71. The summed E-state index contributed by atoms with van der Waals surface area (Å²) in [5.74, 6) is 0.129. The number of hydrogen-bond donors (Lipinski definition) is 0. The Morgan fingerprint density at radius 1 is 0.875 bits per heavy atom. The first-order valence-corrected chi connectivity index (χ1v) is 5.93. The Morgan fingerprint density at radius 3 is 1.44 bits per heavy atom. The van der Waals surface area contributed by atoms with Crippen molar-refractivity contribution in [3.05, 3.63) is 28.3 Å². The first-order valence-electron chi connectivity index (χ1n) is 5.55. The topological polar surface area (TPSA) is 19.9 Å². The van der Waals surface area contributed by atoms with E-state index in [4.69, 9.17) is 11.6 Å². The van der Waals surface area contributed by atoms with Gasteiger partial charge >= 0.3 is 0 Å². The van der Waals surface area contributed by atoms with E-state index >= 15 is 0 Å². The molecule has 0 N–H and O–H groups in total. The summed E-state index contributed by atoms with van der Waals surface area (Å²) in [6, 6.07) is 3.58. The van der Waals surface area contributed by atoms with Crippen LogP contribution in [0.4, 0.5) is 0 Å². The van der Waals surface area contributed by atoms with Gasteiger partial charge in [0.2, 0.25) is 0 Å². The summed E-state index contributed by atoms with van der Waals surface area (Å²) in [4.78, 5) is 0. The summed E-state index contributed by atoms with van der Waals surface area (Å²) < 4.78 is 0. The second-order valence-corrected chi connectivity index (χ2v) is 6.77. The molecule has 0 aliphatic rings. The summed E-state index contributed by atoms with van der Waals surface area (Å²) in [5.41, 5.74) is 1.26. The van der Waals surface area contributed by atoms with Crippen LogP contribution < -0.4 is 0 Å². The van der Waals surface area contributed by atoms with Crippen molar-refractivity contribution in [2.45, 2.75) is 52.4 Å². The van der Waals surface area contributed by atoms with Gasteiger partial charge < -0.3 is 0 Å². The molecule has 0 aliphatic carbocycles. The van der Waals surface area contributed by atoms with Crippen LogP contribution in [0, 0.1) is 0 Å². The van der Waals surface area contributed by atoms with Gasteiger partial charge in [0.25, 0.3) is 0 Å². The fourth-order valence-corrected chi connectivity index (χ4v) is 1.93. The van der Waals surface area contributed by atoms with Crippen LogP contribution in [0.3, 0.4) is 0 Å². The monoisotopic (exact) mass is 239 g/mol. The number of rotatable bonds is 0. The summed E-state index contributed by atoms with van der Waals surface area (Å²) in [6.45, 7) is 12.2. The minimum absolute atomic E-state index is 0.129. The van der Waals surface area contributed by atoms with Gasteiger partial charge in [-0.25, -0.2) is 0 Å². The molecule has 0 fully saturated rings. The zero-order valence-electron chi connectivity index (χ0n) is 10.9. The lowest BCUT2D eigenvalue weighted by Crippen LogP contribution is -2.16. The van der Waals surface area contributed by atoms with E-state index in [-0.39, 0.29) is 16.6 Å². The van der Waals surface area contributed by atoms with Gasteiger partial charge in [0.1, 0.15) is 0 Å². The maximum absolute atomic E-state index is 12.4. The lowest BCUT2D eigenvalue weighted by atomic mass is 9.79. The highest BCUT2D eigenvalue weighted by atomic mass is 35.5. The van der Waals surface area contributed by atoms with Crippen molar-refractivity contribution in [3.63, 3.8) is 0 Å². The van der Waals surface area contributed by atoms with E-state index in [9.17, 15) is 5.11 Å². The van der Waals surface area contributed by atoms with E-state index in [1.807, 2.05) is 41.5 Å². The lowest BCUT2D eigenvalue weighted by Gasteiger charge is -2.26. The van der Waals surface area contributed by atoms with E-state index in [0.29, 0.717) is 5.02 Å². The van der Waals surface area contributed by atoms with Gasteiger partial charge in [-0.3, -0.25) is 5.11 Å². The van der Waals surface area contributed by atoms with Crippen molar-refractivity contribution >= 4 is 11.6 Å². The summed E-state index contributed by atoms with van der Waals surface area (Å²) >= 11 is 6.10. The third-order valence-electron chi connectivity index (χ3n) is 2.67. The summed E-state index contributed by atoms with van der Waals surface area (Å²) in [5, 5.41) is 13.0. The van der Waals surface area contributed by atoms with E-state index in [2.05, 4.69) is 0 Å². The smallest absolute Gasteiger partial charge is 0.186 e. The molecule has 89 valence electrons. The molecule has 1 aromatic carbocycles. The van der Waals surface area contributed by atoms with E-state index in [1.54, 1.807) is 12.1 Å². The Morgan fingerprint density at radius 2 is 1.19 bits per heavy atom. The van der Waals surface area contributed by atoms with Crippen LogP contribution in [0.5, 0.6) is 5.75 Å². The first kappa shape index (κ1) is 13.4. The average molecular weight is 240 g/mol. The van der Waals surface area contributed by atoms with E-state index < -0.39 is 0 Å². The zero-order chi connectivity index (χ0) is 12.7. The van der Waals surface area contributed by atoms with Crippen molar-refractivity contribution in [1.29, 1.82) is 0 Å². The SMILES string of the molecule is CC(C)(C)c1cc(Cl)cc(C(C)(C)C)c1[O]. The molecule has 0 heterocycles. The Hall–Kier alpha value is -0.690. The molecular weight excluding hydrogens is 220 g/mol. The predicted octanol–water partition coefficient (Wildman–Crippen LogP) is 5.08. The molecule has 1 nitrogen and oxygen atoms in total. The average Bonchev–Trinajstić information content (AvgIpc) is 2.04. The molecule has 1 radical (unpaired) electrons. The second kappa shape index (κ2) is 3.96. The van der Waals surface area contributed by atoms with Crippen molar-refractivity contribution < 1.29 is 5.11 Å². The van der Waals surface area contributed by atoms with Gasteiger partial charge in [-0.2, -0.15) is 0 Å². The number of halogens is 1. The molecule has 0 spiro atoms. The molecule has 0 saturated heterocycles. The highest BCUT2D eigenvalue weighted by molar-refractivity contribution is 6.30. The normalized spacial score (nSPS) is 12.9. The largest absolute Gasteiger partial charge is 0.289 e. The zero-order valence-corrected chi connectivity index (χ0v) is 11.7. The number of benzene rings is 1. The molecule has 0 bridgehead atoms. The maximum Gasteiger partial charge on any atom is 0.186 e. The fraction of sp³-hybridized carbons (Fsp3) is 0.571. The first-order chi connectivity index (χ1) is 7.03. The van der Waals surface area contributed by atoms with Gasteiger partial charge in [0.15, 0.2) is 5.75 Å². The van der Waals surface area contributed by atoms with Crippen LogP contribution in [0.25, 0.3) is 0 Å². The van der Waals surface area contributed by atoms with Crippen LogP contribution >= 0.6 is 11.6 Å². The second-order valence-electron chi connectivity index (χ2n) is 6.33. The van der Waals surface area contributed by atoms with Gasteiger partial charge in [-0.05, 0) is 23.0 Å². The highest BCUT2D eigenvalue weighted by Crippen LogP contribution is 2.41. The molecule has 0 amide bonds. The Labute approximate surface area is 103 Å². The standard InChI is InChI=1S/C14H20ClO/c1-13(2,3)10-7-9(15)8-11(12(10)16)14(4,5)6/h7-8H,1-6H3. The Balaban J connectivity index is 3.51. The molecular formula is C14H20ClO. The Bertz CT molecular complexity index is 359. The minimum atomic E-state index is -0.165. The van der Waals surface area contributed by atoms with Crippen molar-refractivity contribution in [2.75, 3.05) is 0 Å². The van der Waals surface area contributed by atoms with Gasteiger partial charge in [0, 0.05) is 16.1 Å². The quantitative estimate of drug-likeness (QED) is 0.602. The molecule has 16 heavy (non-hydrogen) atoms. The van der Waals surface area contributed by atoms with Crippen LogP contribution in [0.1, 0.15) is 52.7 Å². The highest BCUT2D eigenvalue weighted by Gasteiger charge is 2.27. The van der Waals surface area contributed by atoms with Crippen molar-refractivity contribution in [2.24, 2.45) is 0 Å². The molecule has 1 aromatic rings. The third kappa shape index (κ3) is 2.70. The lowest BCUT2D eigenvalue weighted by molar-refractivity contribution is 0.327. The van der Waals surface area contributed by atoms with E-state index in [0.717, 1.165) is 11.1 Å². The maximum atomic E-state index is 12.4.